The lowest BCUT2D eigenvalue weighted by molar-refractivity contribution is 0.0595. The Morgan fingerprint density at radius 2 is 1.69 bits per heavy atom. The van der Waals surface area contributed by atoms with Crippen molar-refractivity contribution >= 4 is 23.7 Å². The highest BCUT2D eigenvalue weighted by atomic mass is 16.5. The molecular weight excluding hydrogens is 348 g/mol. The molecule has 0 radical (unpaired) electrons. The summed E-state index contributed by atoms with van der Waals surface area (Å²) in [7, 11) is 2.43. The molecule has 1 heterocycles. The molecule has 0 fully saturated rings. The van der Waals surface area contributed by atoms with Gasteiger partial charge in [-0.05, 0) is 17.7 Å². The van der Waals surface area contributed by atoms with Crippen molar-refractivity contribution in [1.82, 2.24) is 4.98 Å². The number of aromatic amines is 1. The van der Waals surface area contributed by atoms with Crippen molar-refractivity contribution in [3.05, 3.63) is 45.2 Å². The molecule has 10 nitrogen and oxygen atoms in total. The van der Waals surface area contributed by atoms with E-state index in [0.717, 1.165) is 13.2 Å². The molecule has 0 spiro atoms. The van der Waals surface area contributed by atoms with Crippen molar-refractivity contribution in [2.75, 3.05) is 20.0 Å². The fourth-order valence-corrected chi connectivity index (χ4v) is 2.47. The van der Waals surface area contributed by atoms with Crippen LogP contribution in [0.3, 0.4) is 0 Å². The van der Waals surface area contributed by atoms with E-state index in [1.807, 2.05) is 4.98 Å². The highest BCUT2D eigenvalue weighted by molar-refractivity contribution is 6.08. The molecule has 2 rings (SSSR count). The Morgan fingerprint density at radius 1 is 1.08 bits per heavy atom. The van der Waals surface area contributed by atoms with Crippen LogP contribution in [0.4, 0.5) is 5.82 Å². The normalized spacial score (nSPS) is 10.2. The third-order valence-corrected chi connectivity index (χ3v) is 3.57. The van der Waals surface area contributed by atoms with E-state index < -0.39 is 46.0 Å². The first-order valence-corrected chi connectivity index (χ1v) is 7.02. The summed E-state index contributed by atoms with van der Waals surface area (Å²) >= 11 is 0. The van der Waals surface area contributed by atoms with Crippen molar-refractivity contribution in [2.24, 2.45) is 0 Å². The SMILES string of the molecule is COC(=O)c1cc(-c2c(C(=O)O)c(N)[nH]c(=O)c2C(=O)O)ccc1OC. The maximum atomic E-state index is 12.0. The van der Waals surface area contributed by atoms with Gasteiger partial charge in [0.25, 0.3) is 5.56 Å². The highest BCUT2D eigenvalue weighted by Crippen LogP contribution is 2.32. The summed E-state index contributed by atoms with van der Waals surface area (Å²) in [6, 6.07) is 3.78. The van der Waals surface area contributed by atoms with Gasteiger partial charge < -0.3 is 30.4 Å². The van der Waals surface area contributed by atoms with E-state index in [0.29, 0.717) is 0 Å². The van der Waals surface area contributed by atoms with E-state index in [1.165, 1.54) is 19.2 Å². The topological polar surface area (TPSA) is 169 Å². The first-order chi connectivity index (χ1) is 12.2. The molecule has 136 valence electrons. The van der Waals surface area contributed by atoms with Gasteiger partial charge in [0.2, 0.25) is 0 Å². The summed E-state index contributed by atoms with van der Waals surface area (Å²) in [5.74, 6) is -4.40. The number of carbonyl (C=O) groups excluding carboxylic acids is 1. The van der Waals surface area contributed by atoms with E-state index in [4.69, 9.17) is 10.5 Å². The molecule has 0 amide bonds. The molecule has 0 aliphatic carbocycles. The van der Waals surface area contributed by atoms with Gasteiger partial charge in [-0.1, -0.05) is 6.07 Å². The molecular formula is C16H14N2O8. The third kappa shape index (κ3) is 3.07. The van der Waals surface area contributed by atoms with Gasteiger partial charge in [-0.3, -0.25) is 4.79 Å². The number of methoxy groups -OCH3 is 2. The van der Waals surface area contributed by atoms with Crippen LogP contribution in [0.1, 0.15) is 31.1 Å². The molecule has 0 unspecified atom stereocenters. The molecule has 0 atom stereocenters. The minimum Gasteiger partial charge on any atom is -0.496 e. The number of ether oxygens (including phenoxy) is 2. The number of nitrogens with one attached hydrogen (secondary N) is 1. The predicted molar refractivity (Wildman–Crippen MR) is 88.7 cm³/mol. The summed E-state index contributed by atoms with van der Waals surface area (Å²) in [5, 5.41) is 18.8. The van der Waals surface area contributed by atoms with Gasteiger partial charge >= 0.3 is 17.9 Å². The highest BCUT2D eigenvalue weighted by Gasteiger charge is 2.27. The van der Waals surface area contributed by atoms with Crippen molar-refractivity contribution < 1.29 is 34.1 Å². The van der Waals surface area contributed by atoms with Crippen LogP contribution in [0.25, 0.3) is 11.1 Å². The molecule has 1 aromatic heterocycles. The van der Waals surface area contributed by atoms with Gasteiger partial charge in [-0.2, -0.15) is 0 Å². The number of hydrogen-bond acceptors (Lipinski definition) is 7. The number of nitrogens with two attached hydrogens (primary N) is 1. The minimum absolute atomic E-state index is 0.0289. The van der Waals surface area contributed by atoms with Crippen LogP contribution in [0.5, 0.6) is 5.75 Å². The number of hydrogen-bond donors (Lipinski definition) is 4. The van der Waals surface area contributed by atoms with Crippen molar-refractivity contribution in [1.29, 1.82) is 0 Å². The van der Waals surface area contributed by atoms with Gasteiger partial charge in [-0.15, -0.1) is 0 Å². The molecule has 26 heavy (non-hydrogen) atoms. The zero-order chi connectivity index (χ0) is 19.6. The Labute approximate surface area is 145 Å². The molecule has 0 aliphatic heterocycles. The number of pyridine rings is 1. The average molecular weight is 362 g/mol. The van der Waals surface area contributed by atoms with Crippen LogP contribution >= 0.6 is 0 Å². The Balaban J connectivity index is 2.96. The van der Waals surface area contributed by atoms with Crippen LogP contribution in [0, 0.1) is 0 Å². The monoisotopic (exact) mass is 362 g/mol. The minimum atomic E-state index is -1.65. The Bertz CT molecular complexity index is 977. The maximum absolute atomic E-state index is 12.0. The maximum Gasteiger partial charge on any atom is 0.342 e. The lowest BCUT2D eigenvalue weighted by Gasteiger charge is -2.14. The summed E-state index contributed by atoms with van der Waals surface area (Å²) < 4.78 is 9.66. The van der Waals surface area contributed by atoms with E-state index >= 15 is 0 Å². The van der Waals surface area contributed by atoms with Crippen molar-refractivity contribution in [3.8, 4) is 16.9 Å². The molecule has 0 saturated heterocycles. The molecule has 2 aromatic rings. The number of benzene rings is 1. The van der Waals surface area contributed by atoms with Gasteiger partial charge in [-0.25, -0.2) is 14.4 Å². The lowest BCUT2D eigenvalue weighted by Crippen LogP contribution is -2.24. The fraction of sp³-hybridized carbons (Fsp3) is 0.125. The molecule has 0 bridgehead atoms. The number of rotatable bonds is 5. The fourth-order valence-electron chi connectivity index (χ4n) is 2.47. The largest absolute Gasteiger partial charge is 0.496 e. The van der Waals surface area contributed by atoms with Gasteiger partial charge in [0.1, 0.15) is 28.3 Å². The first kappa shape index (κ1) is 18.5. The van der Waals surface area contributed by atoms with E-state index in [9.17, 15) is 29.4 Å². The van der Waals surface area contributed by atoms with Gasteiger partial charge in [0.05, 0.1) is 14.2 Å². The molecule has 0 aliphatic rings. The number of esters is 1. The quantitative estimate of drug-likeness (QED) is 0.562. The Morgan fingerprint density at radius 3 is 2.19 bits per heavy atom. The molecule has 1 aromatic carbocycles. The van der Waals surface area contributed by atoms with E-state index in [2.05, 4.69) is 4.74 Å². The first-order valence-electron chi connectivity index (χ1n) is 7.02. The molecule has 0 saturated carbocycles. The number of anilines is 1. The summed E-state index contributed by atoms with van der Waals surface area (Å²) in [6.45, 7) is 0. The van der Waals surface area contributed by atoms with Crippen LogP contribution in [-0.2, 0) is 4.74 Å². The average Bonchev–Trinajstić information content (AvgIpc) is 2.58. The number of carboxylic acid groups (broad SMARTS) is 2. The van der Waals surface area contributed by atoms with Gasteiger partial charge in [0, 0.05) is 5.56 Å². The number of aromatic carboxylic acids is 2. The molecule has 5 N–H and O–H groups in total. The summed E-state index contributed by atoms with van der Waals surface area (Å²) in [4.78, 5) is 49.1. The second-order valence-corrected chi connectivity index (χ2v) is 5.01. The van der Waals surface area contributed by atoms with Crippen LogP contribution in [-0.4, -0.2) is 47.3 Å². The van der Waals surface area contributed by atoms with Crippen LogP contribution < -0.4 is 16.0 Å². The second kappa shape index (κ2) is 6.97. The number of aromatic nitrogens is 1. The third-order valence-electron chi connectivity index (χ3n) is 3.57. The van der Waals surface area contributed by atoms with E-state index in [-0.39, 0.29) is 16.9 Å². The lowest BCUT2D eigenvalue weighted by atomic mass is 9.94. The van der Waals surface area contributed by atoms with E-state index in [1.54, 1.807) is 0 Å². The number of H-pyrrole nitrogens is 1. The number of carbonyl (C=O) groups is 3. The zero-order valence-corrected chi connectivity index (χ0v) is 13.7. The standard InChI is InChI=1S/C16H14N2O8/c1-25-8-4-3-6(5-7(8)16(24)26-2)9-10(14(20)21)12(17)18-13(19)11(9)15(22)23/h3-5H,1-2H3,(H,20,21)(H,22,23)(H3,17,18,19). The van der Waals surface area contributed by atoms with Crippen LogP contribution in [0.15, 0.2) is 23.0 Å². The second-order valence-electron chi connectivity index (χ2n) is 5.01. The Kier molecular flexibility index (Phi) is 4.96. The molecule has 10 heteroatoms. The zero-order valence-electron chi connectivity index (χ0n) is 13.7. The van der Waals surface area contributed by atoms with Crippen molar-refractivity contribution in [3.63, 3.8) is 0 Å². The predicted octanol–water partition coefficient (Wildman–Crippen LogP) is 0.816. The van der Waals surface area contributed by atoms with Crippen molar-refractivity contribution in [2.45, 2.75) is 0 Å². The van der Waals surface area contributed by atoms with Gasteiger partial charge in [0.15, 0.2) is 0 Å². The summed E-state index contributed by atoms with van der Waals surface area (Å²) in [5.41, 5.74) is 2.51. The Hall–Kier alpha value is -3.82. The number of nitrogen functional groups attached to an aromatic ring is 1. The summed E-state index contributed by atoms with van der Waals surface area (Å²) in [6.07, 6.45) is 0. The smallest absolute Gasteiger partial charge is 0.342 e. The number of carboxylic acids is 2. The van der Waals surface area contributed by atoms with Crippen LogP contribution in [0.2, 0.25) is 0 Å².